The lowest BCUT2D eigenvalue weighted by Gasteiger charge is -2.43. The van der Waals surface area contributed by atoms with E-state index < -0.39 is 0 Å². The van der Waals surface area contributed by atoms with Gasteiger partial charge >= 0.3 is 0 Å². The molecule has 7 aromatic carbocycles. The van der Waals surface area contributed by atoms with Crippen molar-refractivity contribution in [1.82, 2.24) is 0 Å². The first-order valence-electron chi connectivity index (χ1n) is 23.2. The molecule has 0 atom stereocenters. The first-order chi connectivity index (χ1) is 30.6. The lowest BCUT2D eigenvalue weighted by Crippen LogP contribution is -2.43. The fourth-order valence-corrected chi connectivity index (χ4v) is 10.9. The number of rotatable bonds is 7. The molecule has 3 aliphatic rings. The standard InChI is InChI=1S/C61H60BN2/c1-38(2)31-46(42-21-15-12-16-22-42)40(4)64-56-37-51-47(45-23-17-18-24-50(45)61(51,9)10)35-54(56)62-58-49(32-43(33-57(58)64)41-19-13-11-14-20-41)48-34-52-53(60(7,8)30-29-59(52,5)6)36-55(48)63-44-27-25-39(3)26-28-44/h11-28,31-37,63H,29-30H2,1-10H3/b46-40-. The Hall–Kier alpha value is -6.32. The number of allylic oxidation sites excluding steroid dienone is 4. The van der Waals surface area contributed by atoms with Gasteiger partial charge in [0.2, 0.25) is 0 Å². The summed E-state index contributed by atoms with van der Waals surface area (Å²) >= 11 is 0. The van der Waals surface area contributed by atoms with Gasteiger partial charge in [0.15, 0.2) is 7.28 Å². The lowest BCUT2D eigenvalue weighted by molar-refractivity contribution is 0.332. The molecule has 1 aliphatic heterocycles. The fourth-order valence-electron chi connectivity index (χ4n) is 10.9. The van der Waals surface area contributed by atoms with Crippen molar-refractivity contribution in [1.29, 1.82) is 0 Å². The number of anilines is 4. The van der Waals surface area contributed by atoms with Crippen molar-refractivity contribution in [2.75, 3.05) is 10.2 Å². The van der Waals surface area contributed by atoms with Crippen LogP contribution in [0.25, 0.3) is 39.0 Å². The summed E-state index contributed by atoms with van der Waals surface area (Å²) in [6.07, 6.45) is 4.67. The van der Waals surface area contributed by atoms with E-state index in [9.17, 15) is 0 Å². The molecule has 0 fully saturated rings. The average molecular weight is 832 g/mol. The Balaban J connectivity index is 1.32. The summed E-state index contributed by atoms with van der Waals surface area (Å²) in [5.41, 5.74) is 26.3. The van der Waals surface area contributed by atoms with E-state index in [0.717, 1.165) is 24.2 Å². The molecular weight excluding hydrogens is 771 g/mol. The van der Waals surface area contributed by atoms with Crippen molar-refractivity contribution in [3.8, 4) is 33.4 Å². The van der Waals surface area contributed by atoms with Crippen LogP contribution in [0.2, 0.25) is 0 Å². The van der Waals surface area contributed by atoms with E-state index in [0.29, 0.717) is 0 Å². The fraction of sp³-hybridized carbons (Fsp3) is 0.246. The van der Waals surface area contributed by atoms with Gasteiger partial charge < -0.3 is 10.2 Å². The number of nitrogens with zero attached hydrogens (tertiary/aromatic N) is 1. The average Bonchev–Trinajstić information content (AvgIpc) is 3.51. The van der Waals surface area contributed by atoms with E-state index in [2.05, 4.69) is 238 Å². The highest BCUT2D eigenvalue weighted by atomic mass is 15.2. The minimum atomic E-state index is -0.149. The largest absolute Gasteiger partial charge is 0.355 e. The number of benzene rings is 7. The quantitative estimate of drug-likeness (QED) is 0.127. The molecule has 7 aromatic rings. The van der Waals surface area contributed by atoms with Gasteiger partial charge in [-0.2, -0.15) is 0 Å². The summed E-state index contributed by atoms with van der Waals surface area (Å²) in [7, 11) is 2.50. The Morgan fingerprint density at radius 2 is 1.20 bits per heavy atom. The zero-order chi connectivity index (χ0) is 44.7. The highest BCUT2D eigenvalue weighted by Gasteiger charge is 2.41. The number of aryl methyl sites for hydroxylation is 1. The van der Waals surface area contributed by atoms with Gasteiger partial charge in [-0.05, 0) is 155 Å². The Morgan fingerprint density at radius 1 is 0.562 bits per heavy atom. The lowest BCUT2D eigenvalue weighted by atomic mass is 9.57. The van der Waals surface area contributed by atoms with E-state index in [1.807, 2.05) is 0 Å². The van der Waals surface area contributed by atoms with Crippen LogP contribution in [-0.2, 0) is 16.2 Å². The predicted molar refractivity (Wildman–Crippen MR) is 277 cm³/mol. The van der Waals surface area contributed by atoms with Gasteiger partial charge in [-0.3, -0.25) is 0 Å². The number of hydrogen-bond acceptors (Lipinski definition) is 2. The Bertz CT molecular complexity index is 3030. The molecule has 0 unspecified atom stereocenters. The second-order valence-electron chi connectivity index (χ2n) is 20.7. The third-order valence-electron chi connectivity index (χ3n) is 14.6. The highest BCUT2D eigenvalue weighted by molar-refractivity contribution is 6.73. The van der Waals surface area contributed by atoms with Gasteiger partial charge in [0.1, 0.15) is 0 Å². The van der Waals surface area contributed by atoms with Gasteiger partial charge in [-0.25, -0.2) is 0 Å². The van der Waals surface area contributed by atoms with Gasteiger partial charge in [0, 0.05) is 45.0 Å². The molecule has 317 valence electrons. The maximum absolute atomic E-state index is 4.00. The maximum atomic E-state index is 4.00. The Morgan fingerprint density at radius 3 is 1.89 bits per heavy atom. The van der Waals surface area contributed by atoms with E-state index in [1.54, 1.807) is 0 Å². The minimum Gasteiger partial charge on any atom is -0.355 e. The van der Waals surface area contributed by atoms with E-state index in [-0.39, 0.29) is 16.2 Å². The molecule has 0 aromatic heterocycles. The van der Waals surface area contributed by atoms with Crippen molar-refractivity contribution in [2.24, 2.45) is 0 Å². The number of fused-ring (bicyclic) bond motifs is 6. The monoisotopic (exact) mass is 831 g/mol. The molecule has 0 amide bonds. The molecule has 0 spiro atoms. The summed E-state index contributed by atoms with van der Waals surface area (Å²) in [6.45, 7) is 23.4. The smallest absolute Gasteiger partial charge is 0.197 e. The zero-order valence-electron chi connectivity index (χ0n) is 39.4. The molecule has 1 heterocycles. The van der Waals surface area contributed by atoms with Crippen molar-refractivity contribution >= 4 is 46.5 Å². The summed E-state index contributed by atoms with van der Waals surface area (Å²) in [5, 5.41) is 4.00. The highest BCUT2D eigenvalue weighted by Crippen LogP contribution is 2.52. The van der Waals surface area contributed by atoms with Crippen LogP contribution in [0, 0.1) is 6.92 Å². The van der Waals surface area contributed by atoms with Gasteiger partial charge in [-0.15, -0.1) is 0 Å². The van der Waals surface area contributed by atoms with E-state index >= 15 is 0 Å². The van der Waals surface area contributed by atoms with Crippen LogP contribution < -0.4 is 21.1 Å². The molecule has 0 bridgehead atoms. The SMILES string of the molecule is CC(C)=C/C(=C(\C)N1c2cc3c(cc2[B]c2c(-c4cc5c(cc4Nc4ccc(C)cc4)C(C)(C)CCC5(C)C)cc(-c4ccccc4)cc21)-c1ccccc1C3(C)C)c1ccccc1. The molecule has 10 rings (SSSR count). The van der Waals surface area contributed by atoms with Gasteiger partial charge in [0.05, 0.1) is 0 Å². The third kappa shape index (κ3) is 7.05. The maximum Gasteiger partial charge on any atom is 0.197 e. The van der Waals surface area contributed by atoms with Gasteiger partial charge in [-0.1, -0.05) is 167 Å². The zero-order valence-corrected chi connectivity index (χ0v) is 39.4. The van der Waals surface area contributed by atoms with Crippen molar-refractivity contribution in [3.05, 3.63) is 196 Å². The molecule has 2 nitrogen and oxygen atoms in total. The van der Waals surface area contributed by atoms with Crippen LogP contribution in [0.3, 0.4) is 0 Å². The van der Waals surface area contributed by atoms with Crippen LogP contribution in [-0.4, -0.2) is 7.28 Å². The molecule has 1 N–H and O–H groups in total. The summed E-state index contributed by atoms with van der Waals surface area (Å²) in [5.74, 6) is 0. The Labute approximate surface area is 383 Å². The van der Waals surface area contributed by atoms with Crippen LogP contribution in [0.5, 0.6) is 0 Å². The van der Waals surface area contributed by atoms with Crippen LogP contribution >= 0.6 is 0 Å². The van der Waals surface area contributed by atoms with Crippen LogP contribution in [0.4, 0.5) is 22.7 Å². The van der Waals surface area contributed by atoms with Crippen molar-refractivity contribution in [3.63, 3.8) is 0 Å². The first kappa shape index (κ1) is 41.7. The molecule has 3 heteroatoms. The third-order valence-corrected chi connectivity index (χ3v) is 14.6. The van der Waals surface area contributed by atoms with Crippen molar-refractivity contribution in [2.45, 2.75) is 98.3 Å². The second kappa shape index (κ2) is 15.4. The van der Waals surface area contributed by atoms with Crippen LogP contribution in [0.1, 0.15) is 109 Å². The molecule has 0 saturated carbocycles. The van der Waals surface area contributed by atoms with Gasteiger partial charge in [0.25, 0.3) is 0 Å². The normalized spacial score (nSPS) is 16.2. The second-order valence-corrected chi connectivity index (χ2v) is 20.7. The molecular formula is C61H60BN2. The van der Waals surface area contributed by atoms with E-state index in [4.69, 9.17) is 0 Å². The summed E-state index contributed by atoms with van der Waals surface area (Å²) in [6, 6.07) is 54.8. The number of hydrogen-bond donors (Lipinski definition) is 1. The minimum absolute atomic E-state index is 0.0243. The van der Waals surface area contributed by atoms with Crippen LogP contribution in [0.15, 0.2) is 163 Å². The number of nitrogens with one attached hydrogen (secondary N) is 1. The first-order valence-corrected chi connectivity index (χ1v) is 23.2. The predicted octanol–water partition coefficient (Wildman–Crippen LogP) is 15.2. The summed E-state index contributed by atoms with van der Waals surface area (Å²) < 4.78 is 0. The molecule has 64 heavy (non-hydrogen) atoms. The summed E-state index contributed by atoms with van der Waals surface area (Å²) in [4.78, 5) is 2.60. The topological polar surface area (TPSA) is 15.3 Å². The van der Waals surface area contributed by atoms with Crippen molar-refractivity contribution < 1.29 is 0 Å². The molecule has 2 aliphatic carbocycles. The van der Waals surface area contributed by atoms with E-state index in [1.165, 1.54) is 106 Å². The Kier molecular flexibility index (Phi) is 10.1. The molecule has 1 radical (unpaired) electrons. The molecule has 0 saturated heterocycles.